The first-order valence-corrected chi connectivity index (χ1v) is 10.6. The zero-order chi connectivity index (χ0) is 22.9. The molecular formula is C21H15F3N2O5S. The van der Waals surface area contributed by atoms with Crippen LogP contribution in [0.3, 0.4) is 0 Å². The van der Waals surface area contributed by atoms with Crippen molar-refractivity contribution in [3.63, 3.8) is 0 Å². The maximum Gasteiger partial charge on any atom is 0.416 e. The first-order chi connectivity index (χ1) is 15.1. The quantitative estimate of drug-likeness (QED) is 0.581. The van der Waals surface area contributed by atoms with E-state index in [1.807, 2.05) is 0 Å². The molecule has 0 aliphatic carbocycles. The van der Waals surface area contributed by atoms with Crippen molar-refractivity contribution in [2.45, 2.75) is 11.1 Å². The first kappa shape index (κ1) is 21.5. The van der Waals surface area contributed by atoms with Gasteiger partial charge in [-0.15, -0.1) is 0 Å². The van der Waals surface area contributed by atoms with E-state index in [4.69, 9.17) is 9.47 Å². The maximum absolute atomic E-state index is 12.9. The number of halogens is 3. The van der Waals surface area contributed by atoms with Crippen LogP contribution in [0.5, 0.6) is 11.5 Å². The number of carbonyl (C=O) groups is 1. The number of hydrogen-bond acceptors (Lipinski definition) is 5. The van der Waals surface area contributed by atoms with Crippen molar-refractivity contribution >= 4 is 27.3 Å². The molecule has 2 N–H and O–H groups in total. The Hall–Kier alpha value is -3.73. The minimum absolute atomic E-state index is 0.0548. The van der Waals surface area contributed by atoms with Gasteiger partial charge < -0.3 is 14.8 Å². The molecule has 166 valence electrons. The molecule has 1 amide bonds. The normalized spacial score (nSPS) is 13.0. The largest absolute Gasteiger partial charge is 0.454 e. The summed E-state index contributed by atoms with van der Waals surface area (Å²) in [5.41, 5.74) is -0.777. The lowest BCUT2D eigenvalue weighted by molar-refractivity contribution is -0.137. The number of nitrogens with one attached hydrogen (secondary N) is 2. The molecule has 32 heavy (non-hydrogen) atoms. The average molecular weight is 464 g/mol. The molecule has 1 aliphatic rings. The predicted molar refractivity (Wildman–Crippen MR) is 109 cm³/mol. The minimum atomic E-state index is -4.61. The van der Waals surface area contributed by atoms with E-state index in [1.54, 1.807) is 6.07 Å². The lowest BCUT2D eigenvalue weighted by Crippen LogP contribution is -2.15. The van der Waals surface area contributed by atoms with Gasteiger partial charge in [0.05, 0.1) is 10.5 Å². The van der Waals surface area contributed by atoms with Gasteiger partial charge in [0, 0.05) is 16.9 Å². The highest BCUT2D eigenvalue weighted by Gasteiger charge is 2.30. The van der Waals surface area contributed by atoms with Crippen molar-refractivity contribution in [1.29, 1.82) is 0 Å². The van der Waals surface area contributed by atoms with Crippen molar-refractivity contribution in [3.05, 3.63) is 77.9 Å². The van der Waals surface area contributed by atoms with Crippen LogP contribution < -0.4 is 19.5 Å². The van der Waals surface area contributed by atoms with Gasteiger partial charge in [-0.05, 0) is 54.6 Å². The molecule has 11 heteroatoms. The van der Waals surface area contributed by atoms with E-state index in [0.717, 1.165) is 12.1 Å². The fourth-order valence-corrected chi connectivity index (χ4v) is 4.05. The Bertz CT molecular complexity index is 1290. The molecule has 4 rings (SSSR count). The Kier molecular flexibility index (Phi) is 5.43. The van der Waals surface area contributed by atoms with Gasteiger partial charge in [-0.2, -0.15) is 13.2 Å². The second-order valence-electron chi connectivity index (χ2n) is 6.73. The zero-order valence-corrected chi connectivity index (χ0v) is 17.0. The van der Waals surface area contributed by atoms with Crippen LogP contribution in [0.25, 0.3) is 0 Å². The molecule has 0 saturated heterocycles. The number of rotatable bonds is 5. The Morgan fingerprint density at radius 1 is 0.875 bits per heavy atom. The van der Waals surface area contributed by atoms with E-state index < -0.39 is 27.7 Å². The Morgan fingerprint density at radius 3 is 2.38 bits per heavy atom. The van der Waals surface area contributed by atoms with Gasteiger partial charge in [0.15, 0.2) is 11.5 Å². The smallest absolute Gasteiger partial charge is 0.416 e. The van der Waals surface area contributed by atoms with Gasteiger partial charge in [-0.25, -0.2) is 8.42 Å². The van der Waals surface area contributed by atoms with Crippen molar-refractivity contribution in [2.75, 3.05) is 16.8 Å². The molecule has 7 nitrogen and oxygen atoms in total. The van der Waals surface area contributed by atoms with Gasteiger partial charge in [0.25, 0.3) is 15.9 Å². The summed E-state index contributed by atoms with van der Waals surface area (Å²) < 4.78 is 76.5. The molecule has 0 fully saturated rings. The Labute approximate surface area is 180 Å². The summed E-state index contributed by atoms with van der Waals surface area (Å²) in [5.74, 6) is 0.415. The van der Waals surface area contributed by atoms with Gasteiger partial charge >= 0.3 is 6.18 Å². The SMILES string of the molecule is O=C(Nc1cccc(S(=O)(=O)Nc2cccc(C(F)(F)F)c2)c1)c1ccc2c(c1)OCO2. The lowest BCUT2D eigenvalue weighted by Gasteiger charge is -2.12. The van der Waals surface area contributed by atoms with Crippen LogP contribution in [0.1, 0.15) is 15.9 Å². The molecule has 1 heterocycles. The summed E-state index contributed by atoms with van der Waals surface area (Å²) in [6, 6.07) is 13.8. The van der Waals surface area contributed by atoms with E-state index in [-0.39, 0.29) is 28.6 Å². The molecule has 0 saturated carbocycles. The number of hydrogen-bond donors (Lipinski definition) is 2. The van der Waals surface area contributed by atoms with Gasteiger partial charge in [-0.3, -0.25) is 9.52 Å². The third-order valence-electron chi connectivity index (χ3n) is 4.48. The maximum atomic E-state index is 12.9. The van der Waals surface area contributed by atoms with E-state index in [0.29, 0.717) is 17.6 Å². The highest BCUT2D eigenvalue weighted by atomic mass is 32.2. The topological polar surface area (TPSA) is 93.7 Å². The Balaban J connectivity index is 1.52. The number of ether oxygens (including phenoxy) is 2. The van der Waals surface area contributed by atoms with Crippen LogP contribution in [0, 0.1) is 0 Å². The number of anilines is 2. The summed E-state index contributed by atoms with van der Waals surface area (Å²) in [6.07, 6.45) is -4.61. The molecule has 0 bridgehead atoms. The summed E-state index contributed by atoms with van der Waals surface area (Å²) in [4.78, 5) is 12.3. The van der Waals surface area contributed by atoms with Gasteiger partial charge in [-0.1, -0.05) is 12.1 Å². The van der Waals surface area contributed by atoms with Crippen LogP contribution in [0.4, 0.5) is 24.5 Å². The predicted octanol–water partition coefficient (Wildman–Crippen LogP) is 4.49. The zero-order valence-electron chi connectivity index (χ0n) is 16.1. The van der Waals surface area contributed by atoms with E-state index in [2.05, 4.69) is 10.0 Å². The lowest BCUT2D eigenvalue weighted by atomic mass is 10.2. The second kappa shape index (κ2) is 8.08. The Morgan fingerprint density at radius 2 is 1.59 bits per heavy atom. The number of benzene rings is 3. The molecule has 3 aromatic rings. The van der Waals surface area contributed by atoms with Crippen LogP contribution in [-0.2, 0) is 16.2 Å². The summed E-state index contributed by atoms with van der Waals surface area (Å²) in [5, 5.41) is 2.58. The minimum Gasteiger partial charge on any atom is -0.454 e. The fraction of sp³-hybridized carbons (Fsp3) is 0.0952. The number of fused-ring (bicyclic) bond motifs is 1. The summed E-state index contributed by atoms with van der Waals surface area (Å²) in [7, 11) is -4.21. The highest BCUT2D eigenvalue weighted by molar-refractivity contribution is 7.92. The van der Waals surface area contributed by atoms with E-state index in [9.17, 15) is 26.4 Å². The van der Waals surface area contributed by atoms with E-state index in [1.165, 1.54) is 42.5 Å². The van der Waals surface area contributed by atoms with Crippen LogP contribution in [0.15, 0.2) is 71.6 Å². The van der Waals surface area contributed by atoms with Crippen molar-refractivity contribution in [1.82, 2.24) is 0 Å². The molecule has 3 aromatic carbocycles. The molecule has 0 spiro atoms. The summed E-state index contributed by atoms with van der Waals surface area (Å²) in [6.45, 7) is 0.0548. The van der Waals surface area contributed by atoms with Crippen LogP contribution in [-0.4, -0.2) is 21.1 Å². The van der Waals surface area contributed by atoms with Gasteiger partial charge in [0.1, 0.15) is 0 Å². The number of alkyl halides is 3. The number of amides is 1. The van der Waals surface area contributed by atoms with Crippen molar-refractivity contribution in [3.8, 4) is 11.5 Å². The third kappa shape index (κ3) is 4.62. The molecule has 0 atom stereocenters. The third-order valence-corrected chi connectivity index (χ3v) is 5.86. The fourth-order valence-electron chi connectivity index (χ4n) is 2.96. The molecule has 0 aromatic heterocycles. The molecule has 0 radical (unpaired) electrons. The van der Waals surface area contributed by atoms with Crippen LogP contribution in [0.2, 0.25) is 0 Å². The number of carbonyl (C=O) groups excluding carboxylic acids is 1. The summed E-state index contributed by atoms with van der Waals surface area (Å²) >= 11 is 0. The molecular weight excluding hydrogens is 449 g/mol. The number of sulfonamides is 1. The average Bonchev–Trinajstić information content (AvgIpc) is 3.21. The van der Waals surface area contributed by atoms with Crippen LogP contribution >= 0.6 is 0 Å². The molecule has 1 aliphatic heterocycles. The molecule has 0 unspecified atom stereocenters. The van der Waals surface area contributed by atoms with Crippen molar-refractivity contribution < 1.29 is 35.9 Å². The van der Waals surface area contributed by atoms with Crippen molar-refractivity contribution in [2.24, 2.45) is 0 Å². The second-order valence-corrected chi connectivity index (χ2v) is 8.42. The monoisotopic (exact) mass is 464 g/mol. The van der Waals surface area contributed by atoms with Gasteiger partial charge in [0.2, 0.25) is 6.79 Å². The standard InChI is InChI=1S/C21H15F3N2O5S/c22-21(23,24)14-3-1-5-16(10-14)26-32(28,29)17-6-2-4-15(11-17)25-20(27)13-7-8-18-19(9-13)31-12-30-18/h1-11,26H,12H2,(H,25,27). The first-order valence-electron chi connectivity index (χ1n) is 9.13. The highest BCUT2D eigenvalue weighted by Crippen LogP contribution is 2.33. The van der Waals surface area contributed by atoms with E-state index >= 15 is 0 Å².